The number of aromatic amines is 1. The topological polar surface area (TPSA) is 55.6 Å². The number of rotatable bonds is 3. The zero-order valence-corrected chi connectivity index (χ0v) is 12.2. The summed E-state index contributed by atoms with van der Waals surface area (Å²) in [5.74, 6) is 0.729. The molecule has 3 aromatic rings. The van der Waals surface area contributed by atoms with Gasteiger partial charge < -0.3 is 4.98 Å². The maximum Gasteiger partial charge on any atom is 0.331 e. The van der Waals surface area contributed by atoms with E-state index >= 15 is 0 Å². The molecule has 2 aromatic heterocycles. The number of benzene rings is 1. The van der Waals surface area contributed by atoms with Gasteiger partial charge >= 0.3 is 5.69 Å². The minimum absolute atomic E-state index is 0.171. The molecule has 2 heterocycles. The molecule has 1 aliphatic carbocycles. The van der Waals surface area contributed by atoms with Crippen molar-refractivity contribution in [2.75, 3.05) is 0 Å². The molecule has 1 aromatic carbocycles. The van der Waals surface area contributed by atoms with Crippen LogP contribution in [0.15, 0.2) is 35.4 Å². The number of hydrogen-bond acceptors (Lipinski definition) is 2. The molecule has 108 valence electrons. The molecule has 4 rings (SSSR count). The van der Waals surface area contributed by atoms with E-state index in [1.807, 2.05) is 16.9 Å². The number of halogens is 1. The molecule has 1 aliphatic rings. The van der Waals surface area contributed by atoms with Gasteiger partial charge in [-0.15, -0.1) is 0 Å². The molecule has 0 atom stereocenters. The van der Waals surface area contributed by atoms with Crippen molar-refractivity contribution in [1.82, 2.24) is 19.3 Å². The van der Waals surface area contributed by atoms with E-state index in [4.69, 9.17) is 11.6 Å². The van der Waals surface area contributed by atoms with E-state index in [9.17, 15) is 4.79 Å². The maximum atomic E-state index is 12.2. The van der Waals surface area contributed by atoms with Gasteiger partial charge in [-0.2, -0.15) is 5.10 Å². The van der Waals surface area contributed by atoms with Gasteiger partial charge in [-0.25, -0.2) is 4.79 Å². The van der Waals surface area contributed by atoms with E-state index in [0.29, 0.717) is 5.02 Å². The molecule has 0 radical (unpaired) electrons. The summed E-state index contributed by atoms with van der Waals surface area (Å²) >= 11 is 6.04. The van der Waals surface area contributed by atoms with E-state index in [-0.39, 0.29) is 5.69 Å². The third-order valence-electron chi connectivity index (χ3n) is 4.19. The Bertz CT molecular complexity index is 856. The average Bonchev–Trinajstić information content (AvgIpc) is 2.97. The summed E-state index contributed by atoms with van der Waals surface area (Å²) in [5.41, 5.74) is 2.15. The Kier molecular flexibility index (Phi) is 2.89. The first-order chi connectivity index (χ1) is 10.2. The lowest BCUT2D eigenvalue weighted by Gasteiger charge is -2.24. The number of nitrogens with one attached hydrogen (secondary N) is 1. The van der Waals surface area contributed by atoms with Gasteiger partial charge in [0.1, 0.15) is 0 Å². The highest BCUT2D eigenvalue weighted by Gasteiger charge is 2.18. The highest BCUT2D eigenvalue weighted by Crippen LogP contribution is 2.28. The lowest BCUT2D eigenvalue weighted by molar-refractivity contribution is 0.266. The standard InChI is InChI=1S/C15H15ClN4O/c16-11-4-5-13-14(6-11)20(15(21)18-13)12-7-17-19(9-12)8-10-2-1-3-10/h4-7,9-10H,1-3,8H2,(H,18,21). The van der Waals surface area contributed by atoms with Gasteiger partial charge in [0, 0.05) is 17.8 Å². The fourth-order valence-corrected chi connectivity index (χ4v) is 3.01. The first kappa shape index (κ1) is 12.7. The molecule has 21 heavy (non-hydrogen) atoms. The Morgan fingerprint density at radius 1 is 1.38 bits per heavy atom. The van der Waals surface area contributed by atoms with Crippen molar-refractivity contribution >= 4 is 22.6 Å². The third kappa shape index (κ3) is 2.17. The van der Waals surface area contributed by atoms with E-state index in [0.717, 1.165) is 29.2 Å². The van der Waals surface area contributed by atoms with Crippen LogP contribution >= 0.6 is 11.6 Å². The number of hydrogen-bond donors (Lipinski definition) is 1. The summed E-state index contributed by atoms with van der Waals surface area (Å²) < 4.78 is 3.54. The van der Waals surface area contributed by atoms with Crippen LogP contribution in [-0.4, -0.2) is 19.3 Å². The predicted molar refractivity (Wildman–Crippen MR) is 82.0 cm³/mol. The molecule has 0 amide bonds. The summed E-state index contributed by atoms with van der Waals surface area (Å²) in [4.78, 5) is 15.0. The quantitative estimate of drug-likeness (QED) is 0.808. The largest absolute Gasteiger partial charge is 0.331 e. The number of aromatic nitrogens is 4. The second kappa shape index (κ2) is 4.77. The molecule has 1 saturated carbocycles. The Balaban J connectivity index is 1.77. The van der Waals surface area contributed by atoms with E-state index < -0.39 is 0 Å². The molecule has 0 unspecified atom stereocenters. The molecular formula is C15H15ClN4O. The fourth-order valence-electron chi connectivity index (χ4n) is 2.84. The number of nitrogens with zero attached hydrogens (tertiary/aromatic N) is 3. The SMILES string of the molecule is O=c1[nH]c2ccc(Cl)cc2n1-c1cnn(CC2CCC2)c1. The van der Waals surface area contributed by atoms with Gasteiger partial charge in [0.2, 0.25) is 0 Å². The zero-order chi connectivity index (χ0) is 14.4. The van der Waals surface area contributed by atoms with Crippen LogP contribution < -0.4 is 5.69 Å². The van der Waals surface area contributed by atoms with E-state index in [1.165, 1.54) is 19.3 Å². The van der Waals surface area contributed by atoms with E-state index in [2.05, 4.69) is 10.1 Å². The van der Waals surface area contributed by atoms with Crippen molar-refractivity contribution < 1.29 is 0 Å². The molecule has 5 nitrogen and oxygen atoms in total. The minimum Gasteiger partial charge on any atom is -0.305 e. The van der Waals surface area contributed by atoms with Gasteiger partial charge in [0.25, 0.3) is 0 Å². The lowest BCUT2D eigenvalue weighted by atomic mass is 9.85. The lowest BCUT2D eigenvalue weighted by Crippen LogP contribution is -2.18. The molecule has 0 spiro atoms. The summed E-state index contributed by atoms with van der Waals surface area (Å²) in [7, 11) is 0. The monoisotopic (exact) mass is 302 g/mol. The second-order valence-electron chi connectivity index (χ2n) is 5.64. The van der Waals surface area contributed by atoms with Crippen molar-refractivity contribution in [2.24, 2.45) is 5.92 Å². The van der Waals surface area contributed by atoms with Gasteiger partial charge in [-0.1, -0.05) is 18.0 Å². The molecule has 0 bridgehead atoms. The van der Waals surface area contributed by atoms with Crippen molar-refractivity contribution in [3.05, 3.63) is 46.1 Å². The van der Waals surface area contributed by atoms with Crippen LogP contribution in [-0.2, 0) is 6.54 Å². The van der Waals surface area contributed by atoms with Crippen LogP contribution in [0.4, 0.5) is 0 Å². The molecular weight excluding hydrogens is 288 g/mol. The Labute approximate surface area is 126 Å². The molecule has 0 aliphatic heterocycles. The summed E-state index contributed by atoms with van der Waals surface area (Å²) in [6.07, 6.45) is 7.52. The highest BCUT2D eigenvalue weighted by atomic mass is 35.5. The van der Waals surface area contributed by atoms with Crippen LogP contribution in [0.25, 0.3) is 16.7 Å². The normalized spacial score (nSPS) is 15.5. The van der Waals surface area contributed by atoms with E-state index in [1.54, 1.807) is 22.9 Å². The van der Waals surface area contributed by atoms with Gasteiger partial charge in [-0.3, -0.25) is 9.25 Å². The first-order valence-electron chi connectivity index (χ1n) is 7.14. The Hall–Kier alpha value is -2.01. The molecule has 6 heteroatoms. The summed E-state index contributed by atoms with van der Waals surface area (Å²) in [6.45, 7) is 0.928. The number of imidazole rings is 1. The molecule has 1 fully saturated rings. The highest BCUT2D eigenvalue weighted by molar-refractivity contribution is 6.31. The van der Waals surface area contributed by atoms with Crippen molar-refractivity contribution in [3.63, 3.8) is 0 Å². The predicted octanol–water partition coefficient (Wildman–Crippen LogP) is 2.97. The maximum absolute atomic E-state index is 12.2. The van der Waals surface area contributed by atoms with Crippen LogP contribution in [0.3, 0.4) is 0 Å². The van der Waals surface area contributed by atoms with Crippen molar-refractivity contribution in [3.8, 4) is 5.69 Å². The second-order valence-corrected chi connectivity index (χ2v) is 6.08. The minimum atomic E-state index is -0.171. The van der Waals surface area contributed by atoms with Gasteiger partial charge in [0.15, 0.2) is 0 Å². The fraction of sp³-hybridized carbons (Fsp3) is 0.333. The zero-order valence-electron chi connectivity index (χ0n) is 11.4. The van der Waals surface area contributed by atoms with Crippen molar-refractivity contribution in [1.29, 1.82) is 0 Å². The van der Waals surface area contributed by atoms with Gasteiger partial charge in [-0.05, 0) is 37.0 Å². The molecule has 1 N–H and O–H groups in total. The Morgan fingerprint density at radius 3 is 3.00 bits per heavy atom. The van der Waals surface area contributed by atoms with Crippen molar-refractivity contribution in [2.45, 2.75) is 25.8 Å². The van der Waals surface area contributed by atoms with Crippen LogP contribution in [0.1, 0.15) is 19.3 Å². The Morgan fingerprint density at radius 2 is 2.24 bits per heavy atom. The smallest absolute Gasteiger partial charge is 0.305 e. The van der Waals surface area contributed by atoms with Crippen LogP contribution in [0.2, 0.25) is 5.02 Å². The number of H-pyrrole nitrogens is 1. The molecule has 0 saturated heterocycles. The van der Waals surface area contributed by atoms with Gasteiger partial charge in [0.05, 0.1) is 22.9 Å². The number of fused-ring (bicyclic) bond motifs is 1. The average molecular weight is 303 g/mol. The van der Waals surface area contributed by atoms with Crippen LogP contribution in [0.5, 0.6) is 0 Å². The summed E-state index contributed by atoms with van der Waals surface area (Å²) in [5, 5.41) is 4.98. The third-order valence-corrected chi connectivity index (χ3v) is 4.43. The first-order valence-corrected chi connectivity index (χ1v) is 7.51. The summed E-state index contributed by atoms with van der Waals surface area (Å²) in [6, 6.07) is 5.37. The van der Waals surface area contributed by atoms with Crippen LogP contribution in [0, 0.1) is 5.92 Å².